The van der Waals surface area contributed by atoms with Crippen LogP contribution in [-0.2, 0) is 37.5 Å². The second-order valence-corrected chi connectivity index (χ2v) is 5.17. The zero-order valence-electron chi connectivity index (χ0n) is 11.0. The van der Waals surface area contributed by atoms with Crippen molar-refractivity contribution in [3.8, 4) is 11.8 Å². The van der Waals surface area contributed by atoms with E-state index in [9.17, 15) is 4.79 Å². The van der Waals surface area contributed by atoms with Crippen LogP contribution in [0.25, 0.3) is 5.70 Å². The van der Waals surface area contributed by atoms with Gasteiger partial charge in [0.05, 0.1) is 4.83 Å². The molecule has 0 aromatic heterocycles. The van der Waals surface area contributed by atoms with Crippen LogP contribution in [0.15, 0.2) is 24.3 Å². The van der Waals surface area contributed by atoms with Crippen molar-refractivity contribution < 1.29 is 42.2 Å². The summed E-state index contributed by atoms with van der Waals surface area (Å²) in [6, 6.07) is 9.18. The Balaban J connectivity index is 0.00000200. The minimum atomic E-state index is -0.195. The maximum absolute atomic E-state index is 11.9. The molecule has 0 N–H and O–H groups in total. The Kier molecular flexibility index (Phi) is 6.87. The molecule has 20 heavy (non-hydrogen) atoms. The minimum absolute atomic E-state index is 0. The maximum atomic E-state index is 11.9. The molecule has 4 nitrogen and oxygen atoms in total. The number of alkyl halides is 1. The molecule has 1 aliphatic heterocycles. The summed E-state index contributed by atoms with van der Waals surface area (Å²) in [7, 11) is 1.73. The summed E-state index contributed by atoms with van der Waals surface area (Å²) >= 11 is 3.32. The van der Waals surface area contributed by atoms with Crippen LogP contribution < -0.4 is 4.74 Å². The van der Waals surface area contributed by atoms with Crippen LogP contribution in [0.5, 0.6) is 5.75 Å². The van der Waals surface area contributed by atoms with E-state index in [0.717, 1.165) is 11.3 Å². The van der Waals surface area contributed by atoms with Crippen molar-refractivity contribution in [2.75, 3.05) is 13.7 Å². The minimum Gasteiger partial charge on any atom is -0.479 e. The zero-order chi connectivity index (χ0) is 13.8. The Labute approximate surface area is 151 Å². The summed E-state index contributed by atoms with van der Waals surface area (Å²) in [6.45, 7) is 0.0256. The Morgan fingerprint density at radius 1 is 1.50 bits per heavy atom. The van der Waals surface area contributed by atoms with Crippen molar-refractivity contribution in [3.63, 3.8) is 0 Å². The first-order chi connectivity index (χ1) is 9.13. The summed E-state index contributed by atoms with van der Waals surface area (Å²) in [6.07, 6.45) is 3.77. The monoisotopic (exact) mass is 408 g/mol. The molecular formula is C14H12BrN2O2Y-. The fourth-order valence-corrected chi connectivity index (χ4v) is 2.30. The van der Waals surface area contributed by atoms with Gasteiger partial charge in [-0.25, -0.2) is 6.08 Å². The molecule has 0 saturated heterocycles. The van der Waals surface area contributed by atoms with Gasteiger partial charge in [0.25, 0.3) is 0 Å². The van der Waals surface area contributed by atoms with E-state index >= 15 is 0 Å². The first-order valence-electron chi connectivity index (χ1n) is 5.76. The van der Waals surface area contributed by atoms with Crippen LogP contribution in [0.4, 0.5) is 0 Å². The summed E-state index contributed by atoms with van der Waals surface area (Å²) in [4.78, 5) is 13.3. The average Bonchev–Trinajstić information content (AvgIpc) is 2.44. The SMILES string of the molecule is CN1C(=O)C(Br)C[C-]=C1c1ccc(OCC#N)cc1.[Y]. The van der Waals surface area contributed by atoms with Crippen LogP contribution in [-0.4, -0.2) is 29.3 Å². The number of nitriles is 1. The van der Waals surface area contributed by atoms with Crippen molar-refractivity contribution in [1.82, 2.24) is 4.90 Å². The molecule has 1 unspecified atom stereocenters. The number of allylic oxidation sites excluding steroid dienone is 1. The molecule has 1 heterocycles. The van der Waals surface area contributed by atoms with Crippen LogP contribution in [0.1, 0.15) is 12.0 Å². The molecule has 1 aliphatic rings. The quantitative estimate of drug-likeness (QED) is 0.569. The fourth-order valence-electron chi connectivity index (χ4n) is 1.83. The molecule has 0 fully saturated rings. The number of carbonyl (C=O) groups is 1. The number of hydrogen-bond donors (Lipinski definition) is 0. The largest absolute Gasteiger partial charge is 0.479 e. The van der Waals surface area contributed by atoms with E-state index in [4.69, 9.17) is 10.00 Å². The molecule has 1 amide bonds. The van der Waals surface area contributed by atoms with E-state index in [-0.39, 0.29) is 50.1 Å². The van der Waals surface area contributed by atoms with Crippen LogP contribution in [0.3, 0.4) is 0 Å². The molecular weight excluding hydrogens is 397 g/mol. The molecule has 0 bridgehead atoms. The smallest absolute Gasteiger partial charge is 0.236 e. The van der Waals surface area contributed by atoms with Gasteiger partial charge in [-0.2, -0.15) is 10.8 Å². The molecule has 101 valence electrons. The number of carbonyl (C=O) groups excluding carboxylic acids is 1. The first kappa shape index (κ1) is 17.4. The van der Waals surface area contributed by atoms with Gasteiger partial charge in [-0.05, 0) is 12.1 Å². The van der Waals surface area contributed by atoms with Crippen molar-refractivity contribution in [2.45, 2.75) is 11.2 Å². The van der Waals surface area contributed by atoms with Gasteiger partial charge in [0, 0.05) is 39.8 Å². The topological polar surface area (TPSA) is 53.3 Å². The molecule has 1 aromatic rings. The van der Waals surface area contributed by atoms with Gasteiger partial charge in [-0.1, -0.05) is 22.4 Å². The number of rotatable bonds is 3. The van der Waals surface area contributed by atoms with E-state index in [1.807, 2.05) is 18.2 Å². The number of benzene rings is 1. The van der Waals surface area contributed by atoms with Gasteiger partial charge < -0.3 is 9.64 Å². The molecule has 0 spiro atoms. The van der Waals surface area contributed by atoms with Gasteiger partial charge in [0.2, 0.25) is 5.91 Å². The Hall–Kier alpha value is -0.696. The second kappa shape index (κ2) is 7.92. The number of ether oxygens (including phenoxy) is 1. The van der Waals surface area contributed by atoms with Gasteiger partial charge in [-0.3, -0.25) is 4.79 Å². The van der Waals surface area contributed by atoms with Gasteiger partial charge in [0.15, 0.2) is 6.61 Å². The van der Waals surface area contributed by atoms with E-state index in [1.165, 1.54) is 0 Å². The summed E-state index contributed by atoms with van der Waals surface area (Å²) in [5.74, 6) is 0.660. The third-order valence-electron chi connectivity index (χ3n) is 2.81. The van der Waals surface area contributed by atoms with Gasteiger partial charge >= 0.3 is 0 Å². The first-order valence-corrected chi connectivity index (χ1v) is 6.67. The van der Waals surface area contributed by atoms with Crippen molar-refractivity contribution in [3.05, 3.63) is 35.9 Å². The predicted molar refractivity (Wildman–Crippen MR) is 74.3 cm³/mol. The molecule has 0 aliphatic carbocycles. The van der Waals surface area contributed by atoms with Crippen LogP contribution in [0, 0.1) is 17.4 Å². The van der Waals surface area contributed by atoms with Crippen molar-refractivity contribution in [1.29, 1.82) is 5.26 Å². The van der Waals surface area contributed by atoms with E-state index < -0.39 is 0 Å². The van der Waals surface area contributed by atoms with E-state index in [0.29, 0.717) is 12.2 Å². The Bertz CT molecular complexity index is 551. The van der Waals surface area contributed by atoms with Crippen LogP contribution >= 0.6 is 15.9 Å². The summed E-state index contributed by atoms with van der Waals surface area (Å²) < 4.78 is 5.18. The molecule has 1 aromatic carbocycles. The molecule has 2 rings (SSSR count). The van der Waals surface area contributed by atoms with Crippen LogP contribution in [0.2, 0.25) is 0 Å². The van der Waals surface area contributed by atoms with Crippen molar-refractivity contribution >= 4 is 27.5 Å². The molecule has 6 heteroatoms. The third-order valence-corrected chi connectivity index (χ3v) is 3.53. The molecule has 0 saturated carbocycles. The third kappa shape index (κ3) is 3.91. The maximum Gasteiger partial charge on any atom is 0.236 e. The van der Waals surface area contributed by atoms with Gasteiger partial charge in [0.1, 0.15) is 11.8 Å². The Morgan fingerprint density at radius 3 is 2.75 bits per heavy atom. The number of hydrogen-bond acceptors (Lipinski definition) is 3. The number of halogens is 1. The number of nitrogens with zero attached hydrogens (tertiary/aromatic N) is 2. The fraction of sp³-hybridized carbons (Fsp3) is 0.286. The Morgan fingerprint density at radius 2 is 2.15 bits per heavy atom. The summed E-state index contributed by atoms with van der Waals surface area (Å²) in [5, 5.41) is 8.44. The van der Waals surface area contributed by atoms with E-state index in [2.05, 4.69) is 22.0 Å². The molecule has 1 atom stereocenters. The standard InChI is InChI=1S/C14H12BrN2O2.Y/c1-17-13(7-6-12(15)14(17)18)10-2-4-11(5-3-10)19-9-8-16;/h2-5,12H,6,9H2,1H3;/q-1;. The van der Waals surface area contributed by atoms with E-state index in [1.54, 1.807) is 24.1 Å². The summed E-state index contributed by atoms with van der Waals surface area (Å²) in [5.41, 5.74) is 1.67. The second-order valence-electron chi connectivity index (χ2n) is 4.07. The van der Waals surface area contributed by atoms with Crippen molar-refractivity contribution in [2.24, 2.45) is 0 Å². The predicted octanol–water partition coefficient (Wildman–Crippen LogP) is 2.36. The molecule has 1 radical (unpaired) electrons. The van der Waals surface area contributed by atoms with Gasteiger partial charge in [-0.15, -0.1) is 17.8 Å². The average molecular weight is 409 g/mol. The number of amides is 1. The zero-order valence-corrected chi connectivity index (χ0v) is 15.4. The normalized spacial score (nSPS) is 17.9.